The van der Waals surface area contributed by atoms with E-state index in [1.165, 1.54) is 0 Å². The molecule has 0 unspecified atom stereocenters. The molecule has 1 fully saturated rings. The molecule has 1 saturated heterocycles. The maximum Gasteiger partial charge on any atom is 0.226 e. The van der Waals surface area contributed by atoms with Crippen LogP contribution in [0.2, 0.25) is 0 Å². The molecular formula is C12H20N4O2. The normalized spacial score (nSPS) is 15.7. The van der Waals surface area contributed by atoms with Gasteiger partial charge in [0.05, 0.1) is 25.4 Å². The van der Waals surface area contributed by atoms with Crippen LogP contribution in [0.5, 0.6) is 5.75 Å². The maximum absolute atomic E-state index is 11.8. The molecule has 0 aliphatic carbocycles. The van der Waals surface area contributed by atoms with Gasteiger partial charge in [0.15, 0.2) is 5.75 Å². The first-order chi connectivity index (χ1) is 8.79. The molecule has 6 nitrogen and oxygen atoms in total. The van der Waals surface area contributed by atoms with E-state index in [0.29, 0.717) is 13.0 Å². The van der Waals surface area contributed by atoms with Crippen molar-refractivity contribution in [3.8, 4) is 5.75 Å². The van der Waals surface area contributed by atoms with Gasteiger partial charge in [0.25, 0.3) is 0 Å². The van der Waals surface area contributed by atoms with Gasteiger partial charge in [-0.15, -0.1) is 0 Å². The zero-order valence-electron chi connectivity index (χ0n) is 10.8. The van der Waals surface area contributed by atoms with Crippen molar-refractivity contribution in [2.45, 2.75) is 19.9 Å². The Morgan fingerprint density at radius 2 is 2.28 bits per heavy atom. The lowest BCUT2D eigenvalue weighted by Gasteiger charge is -2.27. The van der Waals surface area contributed by atoms with Crippen molar-refractivity contribution < 1.29 is 9.53 Å². The van der Waals surface area contributed by atoms with Crippen LogP contribution in [-0.2, 0) is 11.3 Å². The molecule has 6 heteroatoms. The molecule has 1 amide bonds. The lowest BCUT2D eigenvalue weighted by Crippen LogP contribution is -2.46. The van der Waals surface area contributed by atoms with Gasteiger partial charge in [-0.05, 0) is 6.92 Å². The minimum atomic E-state index is 0.166. The number of carbonyl (C=O) groups is 1. The van der Waals surface area contributed by atoms with E-state index in [-0.39, 0.29) is 5.91 Å². The Hall–Kier alpha value is -1.56. The number of aryl methyl sites for hydroxylation is 1. The fourth-order valence-electron chi connectivity index (χ4n) is 1.92. The number of amides is 1. The summed E-state index contributed by atoms with van der Waals surface area (Å²) in [5.41, 5.74) is 0. The van der Waals surface area contributed by atoms with Crippen LogP contribution in [0.1, 0.15) is 13.3 Å². The molecule has 1 N–H and O–H groups in total. The molecule has 1 aromatic rings. The van der Waals surface area contributed by atoms with Crippen molar-refractivity contribution in [1.82, 2.24) is 20.0 Å². The largest absolute Gasteiger partial charge is 0.490 e. The van der Waals surface area contributed by atoms with E-state index in [9.17, 15) is 4.79 Å². The minimum Gasteiger partial charge on any atom is -0.490 e. The number of piperazine rings is 1. The summed E-state index contributed by atoms with van der Waals surface area (Å²) >= 11 is 0. The molecule has 2 heterocycles. The first-order valence-electron chi connectivity index (χ1n) is 6.43. The smallest absolute Gasteiger partial charge is 0.226 e. The molecule has 1 aliphatic heterocycles. The number of rotatable bonds is 5. The highest BCUT2D eigenvalue weighted by molar-refractivity contribution is 5.76. The highest BCUT2D eigenvalue weighted by Crippen LogP contribution is 2.08. The molecule has 0 saturated carbocycles. The van der Waals surface area contributed by atoms with Crippen LogP contribution in [0.3, 0.4) is 0 Å². The van der Waals surface area contributed by atoms with Gasteiger partial charge >= 0.3 is 0 Å². The number of ether oxygens (including phenoxy) is 1. The first kappa shape index (κ1) is 12.9. The zero-order valence-corrected chi connectivity index (χ0v) is 10.8. The van der Waals surface area contributed by atoms with Crippen LogP contribution in [0.4, 0.5) is 0 Å². The lowest BCUT2D eigenvalue weighted by atomic mass is 10.3. The fourth-order valence-corrected chi connectivity index (χ4v) is 1.92. The third-order valence-corrected chi connectivity index (χ3v) is 2.99. The van der Waals surface area contributed by atoms with Crippen molar-refractivity contribution in [2.75, 3.05) is 32.8 Å². The number of nitrogens with zero attached hydrogens (tertiary/aromatic N) is 3. The number of aromatic nitrogens is 2. The Balaban J connectivity index is 1.69. The van der Waals surface area contributed by atoms with Crippen molar-refractivity contribution in [3.05, 3.63) is 12.4 Å². The van der Waals surface area contributed by atoms with Gasteiger partial charge in [-0.2, -0.15) is 5.10 Å². The highest BCUT2D eigenvalue weighted by atomic mass is 16.5. The number of hydrogen-bond donors (Lipinski definition) is 1. The van der Waals surface area contributed by atoms with Gasteiger partial charge in [0.2, 0.25) is 5.91 Å². The molecule has 0 atom stereocenters. The molecule has 0 radical (unpaired) electrons. The number of nitrogens with one attached hydrogen (secondary N) is 1. The van der Waals surface area contributed by atoms with Crippen molar-refractivity contribution in [1.29, 1.82) is 0 Å². The molecular weight excluding hydrogens is 232 g/mol. The van der Waals surface area contributed by atoms with E-state index in [4.69, 9.17) is 4.74 Å². The second kappa shape index (κ2) is 6.39. The van der Waals surface area contributed by atoms with Gasteiger partial charge in [-0.1, -0.05) is 0 Å². The maximum atomic E-state index is 11.8. The third kappa shape index (κ3) is 3.46. The summed E-state index contributed by atoms with van der Waals surface area (Å²) in [4.78, 5) is 13.7. The van der Waals surface area contributed by atoms with Gasteiger partial charge in [-0.3, -0.25) is 9.48 Å². The summed E-state index contributed by atoms with van der Waals surface area (Å²) in [6.45, 7) is 6.62. The fraction of sp³-hybridized carbons (Fsp3) is 0.667. The molecule has 18 heavy (non-hydrogen) atoms. The van der Waals surface area contributed by atoms with Gasteiger partial charge in [0.1, 0.15) is 0 Å². The summed E-state index contributed by atoms with van der Waals surface area (Å²) in [6.07, 6.45) is 3.95. The van der Waals surface area contributed by atoms with E-state index in [1.807, 2.05) is 18.0 Å². The van der Waals surface area contributed by atoms with Crippen LogP contribution in [0.25, 0.3) is 0 Å². The quantitative estimate of drug-likeness (QED) is 0.807. The summed E-state index contributed by atoms with van der Waals surface area (Å²) < 4.78 is 7.30. The second-order valence-electron chi connectivity index (χ2n) is 4.26. The molecule has 1 aromatic heterocycles. The molecule has 100 valence electrons. The predicted octanol–water partition coefficient (Wildman–Crippen LogP) is 0.104. The van der Waals surface area contributed by atoms with E-state index in [2.05, 4.69) is 10.4 Å². The summed E-state index contributed by atoms with van der Waals surface area (Å²) in [6, 6.07) is 0. The van der Waals surface area contributed by atoms with Crippen molar-refractivity contribution >= 4 is 5.91 Å². The van der Waals surface area contributed by atoms with Gasteiger partial charge in [-0.25, -0.2) is 0 Å². The van der Waals surface area contributed by atoms with Crippen LogP contribution in [-0.4, -0.2) is 53.4 Å². The van der Waals surface area contributed by atoms with Crippen LogP contribution in [0.15, 0.2) is 12.4 Å². The molecule has 0 aromatic carbocycles. The lowest BCUT2D eigenvalue weighted by molar-refractivity contribution is -0.132. The average molecular weight is 252 g/mol. The monoisotopic (exact) mass is 252 g/mol. The Morgan fingerprint density at radius 1 is 1.50 bits per heavy atom. The molecule has 0 spiro atoms. The molecule has 1 aliphatic rings. The topological polar surface area (TPSA) is 59.4 Å². The average Bonchev–Trinajstić information content (AvgIpc) is 2.87. The zero-order chi connectivity index (χ0) is 12.8. The standard InChI is InChI=1S/C12H20N4O2/c1-2-16-10-11(9-14-16)18-8-3-12(17)15-6-4-13-5-7-15/h9-10,13H,2-8H2,1H3. The number of hydrogen-bond acceptors (Lipinski definition) is 4. The minimum absolute atomic E-state index is 0.166. The summed E-state index contributed by atoms with van der Waals surface area (Å²) in [5.74, 6) is 0.893. The number of carbonyl (C=O) groups excluding carboxylic acids is 1. The Bertz CT molecular complexity index is 385. The van der Waals surface area contributed by atoms with Crippen molar-refractivity contribution in [2.24, 2.45) is 0 Å². The Morgan fingerprint density at radius 3 is 2.94 bits per heavy atom. The van der Waals surface area contributed by atoms with Gasteiger partial charge < -0.3 is 15.0 Å². The summed E-state index contributed by atoms with van der Waals surface area (Å²) in [7, 11) is 0. The molecule has 2 rings (SSSR count). The predicted molar refractivity (Wildman–Crippen MR) is 67.5 cm³/mol. The van der Waals surface area contributed by atoms with E-state index in [0.717, 1.165) is 38.5 Å². The molecule has 0 bridgehead atoms. The SMILES string of the molecule is CCn1cc(OCCC(=O)N2CCNCC2)cn1. The van der Waals surface area contributed by atoms with Crippen LogP contribution >= 0.6 is 0 Å². The van der Waals surface area contributed by atoms with E-state index >= 15 is 0 Å². The van der Waals surface area contributed by atoms with E-state index in [1.54, 1.807) is 10.9 Å². The van der Waals surface area contributed by atoms with Gasteiger partial charge in [0, 0.05) is 32.7 Å². The highest BCUT2D eigenvalue weighted by Gasteiger charge is 2.15. The Labute approximate surface area is 107 Å². The van der Waals surface area contributed by atoms with Crippen LogP contribution < -0.4 is 10.1 Å². The second-order valence-corrected chi connectivity index (χ2v) is 4.26. The Kier molecular flexibility index (Phi) is 4.58. The van der Waals surface area contributed by atoms with Crippen LogP contribution in [0, 0.1) is 0 Å². The first-order valence-corrected chi connectivity index (χ1v) is 6.43. The van der Waals surface area contributed by atoms with Crippen molar-refractivity contribution in [3.63, 3.8) is 0 Å². The third-order valence-electron chi connectivity index (χ3n) is 2.99. The van der Waals surface area contributed by atoms with E-state index < -0.39 is 0 Å². The summed E-state index contributed by atoms with van der Waals surface area (Å²) in [5, 5.41) is 7.33.